The molecule has 2 aliphatic rings. The van der Waals surface area contributed by atoms with E-state index in [0.717, 1.165) is 11.6 Å². The SMILES string of the molecule is COC(=O)C1CCC(NS(=O)(=O)c2ccc(C#Cc3ccccc3)c(N)c2)CC1.COC(=O)C1CCC(NS(=O)(=O)c2ccc(C#Cc3ccccc3)c([N+](=O)[O-])c2)CC1. The number of nitrogens with one attached hydrogen (secondary N) is 2. The maximum atomic E-state index is 12.8. The van der Waals surface area contributed by atoms with Crippen molar-refractivity contribution in [2.75, 3.05) is 20.0 Å². The number of carbonyl (C=O) groups excluding carboxylic acids is 2. The molecule has 4 aromatic carbocycles. The molecule has 0 atom stereocenters. The molecule has 0 radical (unpaired) electrons. The molecule has 2 saturated carbocycles. The van der Waals surface area contributed by atoms with Crippen molar-refractivity contribution in [2.24, 2.45) is 11.8 Å². The molecule has 6 rings (SSSR count). The summed E-state index contributed by atoms with van der Waals surface area (Å²) in [5, 5.41) is 11.5. The minimum atomic E-state index is -3.96. The lowest BCUT2D eigenvalue weighted by molar-refractivity contribution is -0.385. The molecule has 0 bridgehead atoms. The number of nitrogen functional groups attached to an aromatic ring is 1. The average molecular weight is 855 g/mol. The van der Waals surface area contributed by atoms with E-state index >= 15 is 0 Å². The Bertz CT molecular complexity index is 2510. The van der Waals surface area contributed by atoms with Gasteiger partial charge in [-0.2, -0.15) is 0 Å². The fraction of sp³-hybridized carbons (Fsp3) is 0.318. The largest absolute Gasteiger partial charge is 0.469 e. The van der Waals surface area contributed by atoms with Crippen molar-refractivity contribution in [1.29, 1.82) is 0 Å². The third kappa shape index (κ3) is 12.5. The predicted octanol–water partition coefficient (Wildman–Crippen LogP) is 5.68. The molecule has 2 aliphatic carbocycles. The van der Waals surface area contributed by atoms with Gasteiger partial charge in [-0.25, -0.2) is 26.3 Å². The van der Waals surface area contributed by atoms with Crippen molar-refractivity contribution in [2.45, 2.75) is 73.2 Å². The molecule has 0 spiro atoms. The lowest BCUT2D eigenvalue weighted by atomic mass is 9.86. The molecule has 0 aromatic heterocycles. The number of anilines is 1. The maximum Gasteiger partial charge on any atom is 0.308 e. The minimum Gasteiger partial charge on any atom is -0.469 e. The van der Waals surface area contributed by atoms with Crippen LogP contribution in [0.25, 0.3) is 0 Å². The number of hydrogen-bond donors (Lipinski definition) is 3. The summed E-state index contributed by atoms with van der Waals surface area (Å²) in [6.07, 6.45) is 4.42. The molecular weight excluding hydrogens is 809 g/mol. The zero-order chi connectivity index (χ0) is 43.3. The van der Waals surface area contributed by atoms with Gasteiger partial charge in [-0.1, -0.05) is 60.1 Å². The maximum absolute atomic E-state index is 12.8. The Hall–Kier alpha value is -6.04. The van der Waals surface area contributed by atoms with Crippen LogP contribution < -0.4 is 15.2 Å². The molecule has 60 heavy (non-hydrogen) atoms. The first-order valence-electron chi connectivity index (χ1n) is 19.2. The highest BCUT2D eigenvalue weighted by molar-refractivity contribution is 7.89. The molecule has 16 heteroatoms. The van der Waals surface area contributed by atoms with Crippen LogP contribution in [0, 0.1) is 45.6 Å². The third-order valence-electron chi connectivity index (χ3n) is 10.2. The van der Waals surface area contributed by atoms with Gasteiger partial charge in [-0.05, 0) is 106 Å². The van der Waals surface area contributed by atoms with Gasteiger partial charge in [0.2, 0.25) is 20.0 Å². The molecule has 2 fully saturated rings. The van der Waals surface area contributed by atoms with Crippen molar-refractivity contribution >= 4 is 43.4 Å². The van der Waals surface area contributed by atoms with Crippen LogP contribution in [-0.2, 0) is 39.1 Å². The summed E-state index contributed by atoms with van der Waals surface area (Å²) in [5.74, 6) is 10.7. The van der Waals surface area contributed by atoms with Crippen molar-refractivity contribution in [3.05, 3.63) is 129 Å². The Morgan fingerprint density at radius 3 is 1.42 bits per heavy atom. The predicted molar refractivity (Wildman–Crippen MR) is 225 cm³/mol. The number of sulfonamides is 2. The molecule has 0 amide bonds. The number of esters is 2. The van der Waals surface area contributed by atoms with Crippen LogP contribution in [0.4, 0.5) is 11.4 Å². The number of nitro benzene ring substituents is 1. The summed E-state index contributed by atoms with van der Waals surface area (Å²) < 4.78 is 65.8. The minimum absolute atomic E-state index is 0.107. The van der Waals surface area contributed by atoms with Gasteiger partial charge in [0.05, 0.1) is 40.8 Å². The Morgan fingerprint density at radius 2 is 1.02 bits per heavy atom. The molecule has 4 N–H and O–H groups in total. The zero-order valence-electron chi connectivity index (χ0n) is 33.1. The van der Waals surface area contributed by atoms with Gasteiger partial charge in [-0.15, -0.1) is 0 Å². The van der Waals surface area contributed by atoms with E-state index in [-0.39, 0.29) is 56.9 Å². The van der Waals surface area contributed by atoms with Crippen LogP contribution in [0.1, 0.15) is 73.6 Å². The Morgan fingerprint density at radius 1 is 0.617 bits per heavy atom. The van der Waals surface area contributed by atoms with Gasteiger partial charge in [0, 0.05) is 40.5 Å². The third-order valence-corrected chi connectivity index (χ3v) is 13.2. The molecule has 0 aliphatic heterocycles. The standard InChI is InChI=1S/C22H22N2O6S.C22H24N2O4S/c1-30-22(25)18-9-12-19(13-10-18)23-31(28,29)20-14-11-17(21(15-20)24(26)27)8-7-16-5-3-2-4-6-16;1-28-22(25)18-9-12-19(13-10-18)24-29(26,27)20-14-11-17(21(23)15-20)8-7-16-5-3-2-4-6-16/h2-6,11,14-15,18-19,23H,9-10,12-13H2,1H3;2-6,11,14-15,18-19,24H,9-10,12-13,23H2,1H3. The van der Waals surface area contributed by atoms with Gasteiger partial charge in [0.1, 0.15) is 5.56 Å². The first-order valence-corrected chi connectivity index (χ1v) is 22.2. The molecule has 4 aromatic rings. The summed E-state index contributed by atoms with van der Waals surface area (Å²) in [7, 11) is -4.96. The van der Waals surface area contributed by atoms with Gasteiger partial charge >= 0.3 is 11.9 Å². The number of nitrogens with two attached hydrogens (primary N) is 1. The number of methoxy groups -OCH3 is 2. The second kappa shape index (κ2) is 20.8. The average Bonchev–Trinajstić information content (AvgIpc) is 3.25. The highest BCUT2D eigenvalue weighted by Gasteiger charge is 2.31. The summed E-state index contributed by atoms with van der Waals surface area (Å²) in [5.41, 5.74) is 8.23. The first kappa shape index (κ1) is 45.1. The molecular formula is C44H46N4O10S2. The fourth-order valence-electron chi connectivity index (χ4n) is 6.88. The van der Waals surface area contributed by atoms with Crippen LogP contribution in [0.2, 0.25) is 0 Å². The summed E-state index contributed by atoms with van der Waals surface area (Å²) in [6, 6.07) is 26.2. The van der Waals surface area contributed by atoms with Gasteiger partial charge in [0.15, 0.2) is 0 Å². The van der Waals surface area contributed by atoms with Gasteiger partial charge in [0.25, 0.3) is 5.69 Å². The first-order chi connectivity index (χ1) is 28.7. The van der Waals surface area contributed by atoms with Crippen LogP contribution in [-0.4, -0.2) is 60.0 Å². The highest BCUT2D eigenvalue weighted by atomic mass is 32.2. The van der Waals surface area contributed by atoms with E-state index in [1.807, 2.05) is 36.4 Å². The number of nitrogens with zero attached hydrogens (tertiary/aromatic N) is 1. The summed E-state index contributed by atoms with van der Waals surface area (Å²) in [4.78, 5) is 34.0. The lowest BCUT2D eigenvalue weighted by Gasteiger charge is -2.27. The topological polar surface area (TPSA) is 214 Å². The number of carbonyl (C=O) groups is 2. The van der Waals surface area contributed by atoms with Crippen LogP contribution in [0.3, 0.4) is 0 Å². The normalized spacial score (nSPS) is 18.8. The van der Waals surface area contributed by atoms with E-state index in [0.29, 0.717) is 68.2 Å². The Labute approximate surface area is 350 Å². The number of ether oxygens (including phenoxy) is 2. The molecule has 0 heterocycles. The highest BCUT2D eigenvalue weighted by Crippen LogP contribution is 2.29. The smallest absolute Gasteiger partial charge is 0.308 e. The van der Waals surface area contributed by atoms with Gasteiger partial charge in [-0.3, -0.25) is 19.7 Å². The van der Waals surface area contributed by atoms with Crippen molar-refractivity contribution in [3.63, 3.8) is 0 Å². The number of nitro groups is 1. The molecule has 0 saturated heterocycles. The van der Waals surface area contributed by atoms with Crippen molar-refractivity contribution < 1.29 is 40.8 Å². The van der Waals surface area contributed by atoms with Crippen LogP contribution in [0.15, 0.2) is 107 Å². The lowest BCUT2D eigenvalue weighted by Crippen LogP contribution is -2.38. The van der Waals surface area contributed by atoms with Crippen molar-refractivity contribution in [1.82, 2.24) is 9.44 Å². The van der Waals surface area contributed by atoms with E-state index < -0.39 is 25.0 Å². The summed E-state index contributed by atoms with van der Waals surface area (Å²) in [6.45, 7) is 0. The monoisotopic (exact) mass is 854 g/mol. The quantitative estimate of drug-likeness (QED) is 0.0612. The second-order valence-corrected chi connectivity index (χ2v) is 17.7. The second-order valence-electron chi connectivity index (χ2n) is 14.3. The van der Waals surface area contributed by atoms with E-state index in [1.54, 1.807) is 30.3 Å². The van der Waals surface area contributed by atoms with Crippen LogP contribution in [0.5, 0.6) is 0 Å². The van der Waals surface area contributed by atoms with E-state index in [4.69, 9.17) is 15.2 Å². The Kier molecular flexibility index (Phi) is 15.6. The van der Waals surface area contributed by atoms with E-state index in [1.165, 1.54) is 38.5 Å². The molecule has 314 valence electrons. The van der Waals surface area contributed by atoms with Crippen molar-refractivity contribution in [3.8, 4) is 23.7 Å². The van der Waals surface area contributed by atoms with Gasteiger partial charge < -0.3 is 15.2 Å². The molecule has 14 nitrogen and oxygen atoms in total. The summed E-state index contributed by atoms with van der Waals surface area (Å²) >= 11 is 0. The van der Waals surface area contributed by atoms with E-state index in [9.17, 15) is 36.5 Å². The van der Waals surface area contributed by atoms with Crippen LogP contribution >= 0.6 is 0 Å². The Balaban J connectivity index is 0.000000228. The number of hydrogen-bond acceptors (Lipinski definition) is 11. The number of benzene rings is 4. The zero-order valence-corrected chi connectivity index (χ0v) is 34.8. The van der Waals surface area contributed by atoms with E-state index in [2.05, 4.69) is 33.1 Å². The number of rotatable bonds is 9. The molecule has 0 unspecified atom stereocenters. The fourth-order valence-corrected chi connectivity index (χ4v) is 9.55.